The Hall–Kier alpha value is -3.30. The van der Waals surface area contributed by atoms with Gasteiger partial charge in [0.1, 0.15) is 12.4 Å². The smallest absolute Gasteiger partial charge is 0.254 e. The highest BCUT2D eigenvalue weighted by molar-refractivity contribution is 7.89. The van der Waals surface area contributed by atoms with Gasteiger partial charge in [-0.25, -0.2) is 17.8 Å². The van der Waals surface area contributed by atoms with Gasteiger partial charge in [0.05, 0.1) is 10.5 Å². The maximum absolute atomic E-state index is 14.3. The maximum atomic E-state index is 14.3. The predicted octanol–water partition coefficient (Wildman–Crippen LogP) is 3.76. The number of halogens is 1. The zero-order chi connectivity index (χ0) is 23.8. The largest absolute Gasteiger partial charge is 0.473 e. The molecule has 0 radical (unpaired) electrons. The highest BCUT2D eigenvalue weighted by Gasteiger charge is 2.24. The van der Waals surface area contributed by atoms with E-state index in [0.717, 1.165) is 17.7 Å². The molecule has 0 bridgehead atoms. The normalized spacial score (nSPS) is 11.4. The van der Waals surface area contributed by atoms with Gasteiger partial charge in [-0.05, 0) is 35.4 Å². The lowest BCUT2D eigenvalue weighted by Gasteiger charge is -2.19. The zero-order valence-electron chi connectivity index (χ0n) is 18.5. The van der Waals surface area contributed by atoms with Crippen LogP contribution in [0.1, 0.15) is 35.3 Å². The minimum Gasteiger partial charge on any atom is -0.473 e. The first kappa shape index (κ1) is 24.3. The van der Waals surface area contributed by atoms with Crippen LogP contribution in [0, 0.1) is 5.82 Å². The summed E-state index contributed by atoms with van der Waals surface area (Å²) < 4.78 is 46.7. The van der Waals surface area contributed by atoms with Crippen LogP contribution in [0.4, 0.5) is 4.39 Å². The molecule has 0 aliphatic rings. The lowest BCUT2D eigenvalue weighted by molar-refractivity contribution is 0.0946. The van der Waals surface area contributed by atoms with Crippen molar-refractivity contribution in [2.75, 3.05) is 13.1 Å². The summed E-state index contributed by atoms with van der Waals surface area (Å²) in [6.07, 6.45) is 1.56. The number of nitrogens with zero attached hydrogens (tertiary/aromatic N) is 2. The molecule has 9 heteroatoms. The Morgan fingerprint density at radius 3 is 2.45 bits per heavy atom. The predicted molar refractivity (Wildman–Crippen MR) is 123 cm³/mol. The Labute approximate surface area is 193 Å². The maximum Gasteiger partial charge on any atom is 0.254 e. The Bertz CT molecular complexity index is 1200. The second kappa shape index (κ2) is 11.0. The summed E-state index contributed by atoms with van der Waals surface area (Å²) in [6.45, 7) is 4.41. The van der Waals surface area contributed by atoms with Crippen molar-refractivity contribution in [1.29, 1.82) is 0 Å². The van der Waals surface area contributed by atoms with E-state index in [2.05, 4.69) is 10.3 Å². The third-order valence-corrected chi connectivity index (χ3v) is 7.05. The van der Waals surface area contributed by atoms with Crippen molar-refractivity contribution in [3.05, 3.63) is 89.4 Å². The van der Waals surface area contributed by atoms with Gasteiger partial charge in [-0.2, -0.15) is 4.31 Å². The van der Waals surface area contributed by atoms with Crippen LogP contribution in [0.3, 0.4) is 0 Å². The molecule has 33 heavy (non-hydrogen) atoms. The van der Waals surface area contributed by atoms with E-state index in [9.17, 15) is 17.6 Å². The summed E-state index contributed by atoms with van der Waals surface area (Å²) in [5.41, 5.74) is 1.36. The van der Waals surface area contributed by atoms with Gasteiger partial charge in [0.25, 0.3) is 5.91 Å². The molecule has 0 spiro atoms. The van der Waals surface area contributed by atoms with E-state index in [-0.39, 0.29) is 30.1 Å². The van der Waals surface area contributed by atoms with Crippen molar-refractivity contribution in [1.82, 2.24) is 14.6 Å². The summed E-state index contributed by atoms with van der Waals surface area (Å²) in [5, 5.41) is 2.62. The van der Waals surface area contributed by atoms with Crippen LogP contribution in [-0.4, -0.2) is 36.7 Å². The molecule has 7 nitrogen and oxygen atoms in total. The van der Waals surface area contributed by atoms with Gasteiger partial charge in [-0.15, -0.1) is 0 Å². The molecule has 0 atom stereocenters. The van der Waals surface area contributed by atoms with Gasteiger partial charge < -0.3 is 10.1 Å². The highest BCUT2D eigenvalue weighted by Crippen LogP contribution is 2.19. The molecule has 0 aliphatic heterocycles. The Morgan fingerprint density at radius 2 is 1.76 bits per heavy atom. The monoisotopic (exact) mass is 471 g/mol. The molecule has 174 valence electrons. The van der Waals surface area contributed by atoms with Crippen molar-refractivity contribution in [2.24, 2.45) is 0 Å². The van der Waals surface area contributed by atoms with Crippen LogP contribution in [0.25, 0.3) is 0 Å². The lowest BCUT2D eigenvalue weighted by Crippen LogP contribution is -2.31. The molecule has 0 fully saturated rings. The molecule has 2 aromatic carbocycles. The zero-order valence-corrected chi connectivity index (χ0v) is 19.3. The Morgan fingerprint density at radius 1 is 1.03 bits per heavy atom. The SMILES string of the molecule is CCN(CC)S(=O)(=O)c1ccc(F)c(C(=O)NCc2ccnc(OCc3ccccc3)c2)c1. The second-order valence-electron chi connectivity index (χ2n) is 7.19. The fourth-order valence-corrected chi connectivity index (χ4v) is 4.68. The number of nitrogens with one attached hydrogen (secondary N) is 1. The molecule has 1 N–H and O–H groups in total. The first-order valence-corrected chi connectivity index (χ1v) is 12.0. The summed E-state index contributed by atoms with van der Waals surface area (Å²) >= 11 is 0. The van der Waals surface area contributed by atoms with Crippen LogP contribution in [0.5, 0.6) is 5.88 Å². The fraction of sp³-hybridized carbons (Fsp3) is 0.250. The first-order valence-electron chi connectivity index (χ1n) is 10.5. The lowest BCUT2D eigenvalue weighted by atomic mass is 10.2. The van der Waals surface area contributed by atoms with Gasteiger partial charge in [0.2, 0.25) is 15.9 Å². The number of hydrogen-bond acceptors (Lipinski definition) is 5. The molecule has 0 saturated carbocycles. The average Bonchev–Trinajstić information content (AvgIpc) is 2.83. The summed E-state index contributed by atoms with van der Waals surface area (Å²) in [7, 11) is -3.81. The minimum atomic E-state index is -3.81. The first-order chi connectivity index (χ1) is 15.8. The van der Waals surface area contributed by atoms with Gasteiger partial charge in [0, 0.05) is 31.9 Å². The third-order valence-electron chi connectivity index (χ3n) is 5.01. The Kier molecular flexibility index (Phi) is 8.13. The van der Waals surface area contributed by atoms with Crippen molar-refractivity contribution in [3.63, 3.8) is 0 Å². The topological polar surface area (TPSA) is 88.6 Å². The number of carbonyl (C=O) groups is 1. The van der Waals surface area contributed by atoms with Crippen LogP contribution in [0.15, 0.2) is 71.8 Å². The summed E-state index contributed by atoms with van der Waals surface area (Å²) in [5.74, 6) is -1.12. The van der Waals surface area contributed by atoms with E-state index in [4.69, 9.17) is 4.74 Å². The van der Waals surface area contributed by atoms with Crippen molar-refractivity contribution >= 4 is 15.9 Å². The van der Waals surface area contributed by atoms with E-state index in [1.54, 1.807) is 32.2 Å². The Balaban J connectivity index is 1.68. The van der Waals surface area contributed by atoms with E-state index < -0.39 is 21.7 Å². The van der Waals surface area contributed by atoms with Crippen LogP contribution >= 0.6 is 0 Å². The second-order valence-corrected chi connectivity index (χ2v) is 9.13. The average molecular weight is 472 g/mol. The molecule has 0 saturated heterocycles. The molecule has 3 aromatic rings. The number of sulfonamides is 1. The quantitative estimate of drug-likeness (QED) is 0.486. The molecule has 1 amide bonds. The summed E-state index contributed by atoms with van der Waals surface area (Å²) in [4.78, 5) is 16.6. The van der Waals surface area contributed by atoms with E-state index in [1.165, 1.54) is 10.4 Å². The van der Waals surface area contributed by atoms with Crippen LogP contribution in [0.2, 0.25) is 0 Å². The number of pyridine rings is 1. The molecule has 1 aromatic heterocycles. The van der Waals surface area contributed by atoms with E-state index in [0.29, 0.717) is 18.1 Å². The standard InChI is InChI=1S/C24H26FN3O4S/c1-3-28(4-2)33(30,31)20-10-11-22(25)21(15-20)24(29)27-16-19-12-13-26-23(14-19)32-17-18-8-6-5-7-9-18/h5-15H,3-4,16-17H2,1-2H3,(H,27,29). The molecular weight excluding hydrogens is 445 g/mol. The summed E-state index contributed by atoms with van der Waals surface area (Å²) in [6, 6.07) is 16.2. The van der Waals surface area contributed by atoms with Crippen molar-refractivity contribution in [3.8, 4) is 5.88 Å². The molecule has 3 rings (SSSR count). The fourth-order valence-electron chi connectivity index (χ4n) is 3.20. The van der Waals surface area contributed by atoms with E-state index >= 15 is 0 Å². The number of ether oxygens (including phenoxy) is 1. The number of amides is 1. The number of aromatic nitrogens is 1. The van der Waals surface area contributed by atoms with Gasteiger partial charge in [-0.3, -0.25) is 4.79 Å². The van der Waals surface area contributed by atoms with Gasteiger partial charge >= 0.3 is 0 Å². The number of carbonyl (C=O) groups excluding carboxylic acids is 1. The van der Waals surface area contributed by atoms with Gasteiger partial charge in [-0.1, -0.05) is 44.2 Å². The highest BCUT2D eigenvalue weighted by atomic mass is 32.2. The third kappa shape index (κ3) is 6.15. The number of benzene rings is 2. The van der Waals surface area contributed by atoms with Crippen LogP contribution < -0.4 is 10.1 Å². The van der Waals surface area contributed by atoms with E-state index in [1.807, 2.05) is 30.3 Å². The van der Waals surface area contributed by atoms with Crippen LogP contribution in [-0.2, 0) is 23.2 Å². The molecule has 0 aliphatic carbocycles. The van der Waals surface area contributed by atoms with Crippen molar-refractivity contribution < 1.29 is 22.3 Å². The van der Waals surface area contributed by atoms with Crippen molar-refractivity contribution in [2.45, 2.75) is 31.9 Å². The van der Waals surface area contributed by atoms with Gasteiger partial charge in [0.15, 0.2) is 0 Å². The molecule has 0 unspecified atom stereocenters. The number of hydrogen-bond donors (Lipinski definition) is 1. The minimum absolute atomic E-state index is 0.0928. The molecule has 1 heterocycles. The number of rotatable bonds is 10. The molecular formula is C24H26FN3O4S.